The lowest BCUT2D eigenvalue weighted by atomic mass is 9.67. The van der Waals surface area contributed by atoms with Gasteiger partial charge in [0.15, 0.2) is 0 Å². The first-order valence-electron chi connectivity index (χ1n) is 23.0. The predicted molar refractivity (Wildman–Crippen MR) is 280 cm³/mol. The van der Waals surface area contributed by atoms with E-state index in [-0.39, 0.29) is 5.41 Å². The number of anilines is 3. The molecule has 0 unspecified atom stereocenters. The van der Waals surface area contributed by atoms with Crippen molar-refractivity contribution in [3.63, 3.8) is 0 Å². The number of benzene rings is 10. The van der Waals surface area contributed by atoms with Crippen molar-refractivity contribution in [1.29, 1.82) is 0 Å². The molecule has 0 N–H and O–H groups in total. The summed E-state index contributed by atoms with van der Waals surface area (Å²) < 4.78 is 2.66. The highest BCUT2D eigenvalue weighted by Gasteiger charge is 2.46. The minimum Gasteiger partial charge on any atom is -0.310 e. The molecule has 11 aromatic rings. The molecule has 2 heteroatoms. The highest BCUT2D eigenvalue weighted by molar-refractivity contribution is 7.26. The van der Waals surface area contributed by atoms with Crippen molar-refractivity contribution in [1.82, 2.24) is 0 Å². The quantitative estimate of drug-likeness (QED) is 0.154. The third-order valence-electron chi connectivity index (χ3n) is 14.6. The average Bonchev–Trinajstić information content (AvgIpc) is 3.99. The standard InChI is InChI=1S/C64H45NS/c1-63(2)55-26-12-10-23-53(55)61-58(63)28-16-29-59(61)65(48-38-33-43(34-39-48)49-24-15-25-52-51-22-11-14-30-60(51)66-62(49)52)47-36-31-42(32-37-47)44-35-40-57-54(41-44)50-21-9-13-27-56(50)64(57,45-17-5-3-6-18-45)46-19-7-4-8-20-46/h3-41H,1-2H3. The van der Waals surface area contributed by atoms with Crippen LogP contribution in [0.4, 0.5) is 17.1 Å². The molecular weight excluding hydrogens is 815 g/mol. The summed E-state index contributed by atoms with van der Waals surface area (Å²) in [5.41, 5.74) is 20.9. The Morgan fingerprint density at radius 1 is 0.364 bits per heavy atom. The molecule has 13 rings (SSSR count). The summed E-state index contributed by atoms with van der Waals surface area (Å²) in [5, 5.41) is 2.64. The molecule has 312 valence electrons. The molecule has 66 heavy (non-hydrogen) atoms. The van der Waals surface area contributed by atoms with Crippen LogP contribution in [-0.4, -0.2) is 0 Å². The minimum atomic E-state index is -0.416. The van der Waals surface area contributed by atoms with Crippen LogP contribution < -0.4 is 4.90 Å². The lowest BCUT2D eigenvalue weighted by molar-refractivity contribution is 0.660. The Morgan fingerprint density at radius 2 is 0.894 bits per heavy atom. The zero-order valence-corrected chi connectivity index (χ0v) is 37.7. The van der Waals surface area contributed by atoms with Gasteiger partial charge in [-0.15, -0.1) is 11.3 Å². The highest BCUT2D eigenvalue weighted by atomic mass is 32.1. The summed E-state index contributed by atoms with van der Waals surface area (Å²) >= 11 is 1.88. The maximum absolute atomic E-state index is 2.47. The normalized spacial score (nSPS) is 13.8. The first kappa shape index (κ1) is 38.7. The van der Waals surface area contributed by atoms with Gasteiger partial charge < -0.3 is 4.90 Å². The number of thiophene rings is 1. The van der Waals surface area contributed by atoms with Gasteiger partial charge >= 0.3 is 0 Å². The second-order valence-corrected chi connectivity index (χ2v) is 19.4. The van der Waals surface area contributed by atoms with E-state index in [9.17, 15) is 0 Å². The number of nitrogens with zero attached hydrogens (tertiary/aromatic N) is 1. The highest BCUT2D eigenvalue weighted by Crippen LogP contribution is 2.57. The van der Waals surface area contributed by atoms with Gasteiger partial charge in [-0.05, 0) is 115 Å². The van der Waals surface area contributed by atoms with Gasteiger partial charge in [0.2, 0.25) is 0 Å². The second kappa shape index (κ2) is 14.9. The molecule has 0 radical (unpaired) electrons. The Morgan fingerprint density at radius 3 is 1.62 bits per heavy atom. The monoisotopic (exact) mass is 859 g/mol. The van der Waals surface area contributed by atoms with E-state index >= 15 is 0 Å². The maximum atomic E-state index is 2.47. The van der Waals surface area contributed by atoms with Crippen molar-refractivity contribution in [2.75, 3.05) is 4.90 Å². The van der Waals surface area contributed by atoms with Crippen molar-refractivity contribution in [2.45, 2.75) is 24.7 Å². The van der Waals surface area contributed by atoms with Gasteiger partial charge in [0.25, 0.3) is 0 Å². The molecule has 0 atom stereocenters. The number of hydrogen-bond acceptors (Lipinski definition) is 2. The lowest BCUT2D eigenvalue weighted by Gasteiger charge is -2.33. The van der Waals surface area contributed by atoms with Gasteiger partial charge in [0.1, 0.15) is 0 Å². The van der Waals surface area contributed by atoms with Gasteiger partial charge in [-0.2, -0.15) is 0 Å². The van der Waals surface area contributed by atoms with Crippen LogP contribution >= 0.6 is 11.3 Å². The SMILES string of the molecule is CC1(C)c2ccccc2-c2c(N(c3ccc(-c4ccc5c(c4)-c4ccccc4C5(c4ccccc4)c4ccccc4)cc3)c3ccc(-c4cccc5c4sc4ccccc45)cc3)cccc21. The summed E-state index contributed by atoms with van der Waals surface area (Å²) in [7, 11) is 0. The zero-order valence-electron chi connectivity index (χ0n) is 36.9. The molecule has 2 aliphatic carbocycles. The van der Waals surface area contributed by atoms with E-state index < -0.39 is 5.41 Å². The van der Waals surface area contributed by atoms with Crippen LogP contribution in [0.3, 0.4) is 0 Å². The fourth-order valence-corrected chi connectivity index (χ4v) is 12.8. The van der Waals surface area contributed by atoms with E-state index in [1.807, 2.05) is 11.3 Å². The van der Waals surface area contributed by atoms with Crippen molar-refractivity contribution < 1.29 is 0 Å². The Hall–Kier alpha value is -7.78. The predicted octanol–water partition coefficient (Wildman–Crippen LogP) is 17.5. The molecule has 0 saturated carbocycles. The van der Waals surface area contributed by atoms with Gasteiger partial charge in [-0.25, -0.2) is 0 Å². The van der Waals surface area contributed by atoms with Crippen LogP contribution in [0.5, 0.6) is 0 Å². The molecule has 10 aromatic carbocycles. The van der Waals surface area contributed by atoms with Crippen molar-refractivity contribution in [3.05, 3.63) is 270 Å². The Balaban J connectivity index is 0.941. The van der Waals surface area contributed by atoms with Crippen LogP contribution in [0.2, 0.25) is 0 Å². The average molecular weight is 860 g/mol. The molecule has 0 saturated heterocycles. The van der Waals surface area contributed by atoms with Crippen molar-refractivity contribution in [2.24, 2.45) is 0 Å². The van der Waals surface area contributed by atoms with Gasteiger partial charge in [-0.1, -0.05) is 208 Å². The Bertz CT molecular complexity index is 3620. The van der Waals surface area contributed by atoms with Crippen LogP contribution in [0, 0.1) is 0 Å². The van der Waals surface area contributed by atoms with Gasteiger partial charge in [-0.3, -0.25) is 0 Å². The van der Waals surface area contributed by atoms with Crippen LogP contribution in [0.25, 0.3) is 64.7 Å². The van der Waals surface area contributed by atoms with E-state index in [1.54, 1.807) is 0 Å². The molecule has 0 fully saturated rings. The molecule has 1 heterocycles. The summed E-state index contributed by atoms with van der Waals surface area (Å²) in [6, 6.07) is 88.1. The summed E-state index contributed by atoms with van der Waals surface area (Å²) in [4.78, 5) is 2.47. The third kappa shape index (κ3) is 5.65. The Kier molecular flexibility index (Phi) is 8.72. The van der Waals surface area contributed by atoms with Crippen LogP contribution in [0.1, 0.15) is 47.2 Å². The van der Waals surface area contributed by atoms with E-state index in [2.05, 4.69) is 255 Å². The molecule has 1 nitrogen and oxygen atoms in total. The largest absolute Gasteiger partial charge is 0.310 e. The second-order valence-electron chi connectivity index (χ2n) is 18.4. The molecule has 0 spiro atoms. The van der Waals surface area contributed by atoms with E-state index in [1.165, 1.54) is 104 Å². The maximum Gasteiger partial charge on any atom is 0.0713 e. The first-order valence-corrected chi connectivity index (χ1v) is 23.8. The topological polar surface area (TPSA) is 3.24 Å². The smallest absolute Gasteiger partial charge is 0.0713 e. The third-order valence-corrected chi connectivity index (χ3v) is 15.8. The minimum absolute atomic E-state index is 0.116. The summed E-state index contributed by atoms with van der Waals surface area (Å²) in [6.07, 6.45) is 0. The van der Waals surface area contributed by atoms with Crippen LogP contribution in [0.15, 0.2) is 237 Å². The van der Waals surface area contributed by atoms with Crippen molar-refractivity contribution in [3.8, 4) is 44.5 Å². The van der Waals surface area contributed by atoms with E-state index in [4.69, 9.17) is 0 Å². The first-order chi connectivity index (χ1) is 32.5. The molecule has 0 aliphatic heterocycles. The summed E-state index contributed by atoms with van der Waals surface area (Å²) in [5.74, 6) is 0. The fourth-order valence-electron chi connectivity index (χ4n) is 11.5. The van der Waals surface area contributed by atoms with E-state index in [0.29, 0.717) is 0 Å². The number of hydrogen-bond donors (Lipinski definition) is 0. The molecule has 0 amide bonds. The van der Waals surface area contributed by atoms with Crippen molar-refractivity contribution >= 4 is 48.6 Å². The Labute approximate surface area is 390 Å². The molecule has 2 aliphatic rings. The fraction of sp³-hybridized carbons (Fsp3) is 0.0625. The summed E-state index contributed by atoms with van der Waals surface area (Å²) in [6.45, 7) is 4.73. The van der Waals surface area contributed by atoms with Gasteiger partial charge in [0, 0.05) is 42.5 Å². The number of fused-ring (bicyclic) bond motifs is 9. The number of rotatable bonds is 7. The van der Waals surface area contributed by atoms with Crippen LogP contribution in [-0.2, 0) is 10.8 Å². The van der Waals surface area contributed by atoms with Gasteiger partial charge in [0.05, 0.1) is 11.1 Å². The van der Waals surface area contributed by atoms with E-state index in [0.717, 1.165) is 11.4 Å². The molecule has 0 bridgehead atoms. The molecule has 1 aromatic heterocycles. The molecular formula is C64H45NS. The lowest BCUT2D eigenvalue weighted by Crippen LogP contribution is -2.28. The zero-order chi connectivity index (χ0) is 44.0.